The van der Waals surface area contributed by atoms with Crippen LogP contribution in [0.3, 0.4) is 0 Å². The van der Waals surface area contributed by atoms with Crippen LogP contribution in [0.1, 0.15) is 15.9 Å². The summed E-state index contributed by atoms with van der Waals surface area (Å²) < 4.78 is 18.9. The number of aldehydes is 1. The van der Waals surface area contributed by atoms with Crippen LogP contribution in [0.4, 0.5) is 4.39 Å². The van der Waals surface area contributed by atoms with Crippen molar-refractivity contribution in [2.45, 2.75) is 6.54 Å². The van der Waals surface area contributed by atoms with Crippen molar-refractivity contribution in [3.05, 3.63) is 65.5 Å². The summed E-state index contributed by atoms with van der Waals surface area (Å²) >= 11 is 0. The third-order valence-electron chi connectivity index (χ3n) is 3.83. The van der Waals surface area contributed by atoms with E-state index in [0.717, 1.165) is 0 Å². The minimum absolute atomic E-state index is 0.187. The van der Waals surface area contributed by atoms with Gasteiger partial charge >= 0.3 is 0 Å². The van der Waals surface area contributed by atoms with Crippen molar-refractivity contribution < 1.29 is 18.7 Å². The Morgan fingerprint density at radius 3 is 2.58 bits per heavy atom. The number of ether oxygens (including phenoxy) is 1. The minimum atomic E-state index is -0.335. The van der Waals surface area contributed by atoms with Crippen LogP contribution in [0.25, 0.3) is 0 Å². The maximum absolute atomic E-state index is 13.4. The van der Waals surface area contributed by atoms with Crippen molar-refractivity contribution in [2.24, 2.45) is 0 Å². The number of nitrogens with zero attached hydrogens (tertiary/aromatic N) is 2. The third-order valence-corrected chi connectivity index (χ3v) is 3.83. The summed E-state index contributed by atoms with van der Waals surface area (Å²) in [6.07, 6.45) is 0.691. The lowest BCUT2D eigenvalue weighted by Gasteiger charge is -2.25. The number of likely N-dealkylation sites (N-methyl/N-ethyl adjacent to an activating group) is 1. The van der Waals surface area contributed by atoms with Crippen molar-refractivity contribution in [1.29, 1.82) is 0 Å². The van der Waals surface area contributed by atoms with Crippen LogP contribution in [0.2, 0.25) is 0 Å². The number of rotatable bonds is 9. The van der Waals surface area contributed by atoms with Gasteiger partial charge < -0.3 is 14.5 Å². The molecule has 0 saturated heterocycles. The summed E-state index contributed by atoms with van der Waals surface area (Å²) in [7, 11) is 3.84. The number of hydrogen-bond acceptors (Lipinski definition) is 4. The number of halogens is 1. The lowest BCUT2D eigenvalue weighted by molar-refractivity contribution is -0.134. The highest BCUT2D eigenvalue weighted by atomic mass is 19.1. The molecule has 0 bridgehead atoms. The lowest BCUT2D eigenvalue weighted by atomic mass is 10.2. The van der Waals surface area contributed by atoms with Crippen molar-refractivity contribution in [3.8, 4) is 5.75 Å². The molecule has 2 aromatic rings. The van der Waals surface area contributed by atoms with Crippen LogP contribution in [-0.2, 0) is 11.3 Å². The molecular weight excluding hydrogens is 335 g/mol. The predicted octanol–water partition coefficient (Wildman–Crippen LogP) is 2.61. The topological polar surface area (TPSA) is 49.9 Å². The molecular formula is C20H23FN2O3. The molecule has 26 heavy (non-hydrogen) atoms. The van der Waals surface area contributed by atoms with E-state index in [9.17, 15) is 14.0 Å². The lowest BCUT2D eigenvalue weighted by Crippen LogP contribution is -2.39. The highest BCUT2D eigenvalue weighted by molar-refractivity contribution is 5.80. The maximum Gasteiger partial charge on any atom is 0.260 e. The molecule has 0 heterocycles. The number of amides is 1. The standard InChI is InChI=1S/C20H23FN2O3/c1-22(2)10-11-23(13-16-6-5-8-18(21)12-16)20(25)15-26-19-9-4-3-7-17(19)14-24/h3-9,12,14H,10-11,13,15H2,1-2H3. The summed E-state index contributed by atoms with van der Waals surface area (Å²) in [5.74, 6) is -0.190. The Hall–Kier alpha value is -2.73. The highest BCUT2D eigenvalue weighted by Gasteiger charge is 2.16. The molecule has 0 atom stereocenters. The zero-order valence-corrected chi connectivity index (χ0v) is 15.0. The number of benzene rings is 2. The van der Waals surface area contributed by atoms with Gasteiger partial charge in [-0.3, -0.25) is 9.59 Å². The van der Waals surface area contributed by atoms with Gasteiger partial charge in [0.25, 0.3) is 5.91 Å². The zero-order valence-electron chi connectivity index (χ0n) is 15.0. The Balaban J connectivity index is 2.05. The Bertz CT molecular complexity index is 749. The van der Waals surface area contributed by atoms with Crippen LogP contribution in [-0.4, -0.2) is 55.8 Å². The number of hydrogen-bond donors (Lipinski definition) is 0. The first kappa shape index (κ1) is 19.6. The third kappa shape index (κ3) is 5.97. The van der Waals surface area contributed by atoms with E-state index < -0.39 is 0 Å². The first-order valence-corrected chi connectivity index (χ1v) is 8.33. The van der Waals surface area contributed by atoms with Crippen LogP contribution >= 0.6 is 0 Å². The molecule has 0 aliphatic rings. The predicted molar refractivity (Wildman–Crippen MR) is 97.7 cm³/mol. The molecule has 0 N–H and O–H groups in total. The van der Waals surface area contributed by atoms with Crippen molar-refractivity contribution in [3.63, 3.8) is 0 Å². The van der Waals surface area contributed by atoms with Gasteiger partial charge in [-0.1, -0.05) is 24.3 Å². The fourth-order valence-corrected chi connectivity index (χ4v) is 2.41. The molecule has 6 heteroatoms. The smallest absolute Gasteiger partial charge is 0.260 e. The number of para-hydroxylation sites is 1. The number of carbonyl (C=O) groups is 2. The summed E-state index contributed by atoms with van der Waals surface area (Å²) in [6.45, 7) is 1.27. The molecule has 0 unspecified atom stereocenters. The van der Waals surface area contributed by atoms with Gasteiger partial charge in [0.15, 0.2) is 12.9 Å². The van der Waals surface area contributed by atoms with E-state index in [0.29, 0.717) is 42.8 Å². The van der Waals surface area contributed by atoms with Gasteiger partial charge in [0.1, 0.15) is 11.6 Å². The average molecular weight is 358 g/mol. The second-order valence-electron chi connectivity index (χ2n) is 6.19. The molecule has 0 aliphatic carbocycles. The molecule has 0 saturated carbocycles. The van der Waals surface area contributed by atoms with Crippen LogP contribution < -0.4 is 4.74 Å². The summed E-state index contributed by atoms with van der Waals surface area (Å²) in [5, 5.41) is 0. The average Bonchev–Trinajstić information content (AvgIpc) is 2.63. The molecule has 2 aromatic carbocycles. The van der Waals surface area contributed by atoms with Gasteiger partial charge in [-0.25, -0.2) is 4.39 Å². The van der Waals surface area contributed by atoms with Crippen molar-refractivity contribution >= 4 is 12.2 Å². The normalized spacial score (nSPS) is 10.6. The first-order valence-electron chi connectivity index (χ1n) is 8.33. The summed E-state index contributed by atoms with van der Waals surface area (Å²) in [5.41, 5.74) is 1.11. The quantitative estimate of drug-likeness (QED) is 0.647. The van der Waals surface area contributed by atoms with Gasteiger partial charge in [0.2, 0.25) is 0 Å². The van der Waals surface area contributed by atoms with E-state index in [4.69, 9.17) is 4.74 Å². The first-order chi connectivity index (χ1) is 12.5. The Kier molecular flexibility index (Phi) is 7.29. The van der Waals surface area contributed by atoms with E-state index in [1.165, 1.54) is 12.1 Å². The van der Waals surface area contributed by atoms with E-state index in [1.54, 1.807) is 41.3 Å². The fourth-order valence-electron chi connectivity index (χ4n) is 2.41. The molecule has 0 fully saturated rings. The Labute approximate surface area is 153 Å². The van der Waals surface area contributed by atoms with Gasteiger partial charge in [-0.2, -0.15) is 0 Å². The Morgan fingerprint density at radius 1 is 1.12 bits per heavy atom. The van der Waals surface area contributed by atoms with E-state index in [-0.39, 0.29) is 18.3 Å². The highest BCUT2D eigenvalue weighted by Crippen LogP contribution is 2.16. The van der Waals surface area contributed by atoms with Gasteiger partial charge in [-0.05, 0) is 43.9 Å². The number of carbonyl (C=O) groups excluding carboxylic acids is 2. The second kappa shape index (κ2) is 9.68. The molecule has 0 radical (unpaired) electrons. The van der Waals surface area contributed by atoms with E-state index in [1.807, 2.05) is 19.0 Å². The molecule has 2 rings (SSSR count). The molecule has 1 amide bonds. The van der Waals surface area contributed by atoms with Crippen LogP contribution in [0.5, 0.6) is 5.75 Å². The molecule has 0 aliphatic heterocycles. The van der Waals surface area contributed by atoms with E-state index in [2.05, 4.69) is 0 Å². The molecule has 0 spiro atoms. The molecule has 138 valence electrons. The van der Waals surface area contributed by atoms with Crippen molar-refractivity contribution in [1.82, 2.24) is 9.80 Å². The largest absolute Gasteiger partial charge is 0.483 e. The van der Waals surface area contributed by atoms with E-state index >= 15 is 0 Å². The SMILES string of the molecule is CN(C)CCN(Cc1cccc(F)c1)C(=O)COc1ccccc1C=O. The second-order valence-corrected chi connectivity index (χ2v) is 6.19. The fraction of sp³-hybridized carbons (Fsp3) is 0.300. The Morgan fingerprint density at radius 2 is 1.88 bits per heavy atom. The molecule has 0 aromatic heterocycles. The van der Waals surface area contributed by atoms with Crippen LogP contribution in [0, 0.1) is 5.82 Å². The monoisotopic (exact) mass is 358 g/mol. The van der Waals surface area contributed by atoms with Crippen LogP contribution in [0.15, 0.2) is 48.5 Å². The summed E-state index contributed by atoms with van der Waals surface area (Å²) in [4.78, 5) is 27.2. The van der Waals surface area contributed by atoms with Crippen molar-refractivity contribution in [2.75, 3.05) is 33.8 Å². The van der Waals surface area contributed by atoms with Gasteiger partial charge in [0, 0.05) is 19.6 Å². The van der Waals surface area contributed by atoms with Gasteiger partial charge in [0.05, 0.1) is 5.56 Å². The van der Waals surface area contributed by atoms with Gasteiger partial charge in [-0.15, -0.1) is 0 Å². The zero-order chi connectivity index (χ0) is 18.9. The molecule has 5 nitrogen and oxygen atoms in total. The maximum atomic E-state index is 13.4. The minimum Gasteiger partial charge on any atom is -0.483 e. The summed E-state index contributed by atoms with van der Waals surface area (Å²) in [6, 6.07) is 12.9.